The highest BCUT2D eigenvalue weighted by atomic mass is 28.4. The highest BCUT2D eigenvalue weighted by Gasteiger charge is 2.71. The predicted molar refractivity (Wildman–Crippen MR) is 278 cm³/mol. The second kappa shape index (κ2) is 16.9. The number of fused-ring (bicyclic) bond motifs is 16. The van der Waals surface area contributed by atoms with E-state index in [2.05, 4.69) is 136 Å². The minimum atomic E-state index is -1.84. The summed E-state index contributed by atoms with van der Waals surface area (Å²) >= 11 is 0. The Labute approximate surface area is 417 Å². The van der Waals surface area contributed by atoms with Crippen molar-refractivity contribution < 1.29 is 37.4 Å². The van der Waals surface area contributed by atoms with E-state index in [-0.39, 0.29) is 87.1 Å². The molecular formula is C58H100O8Si2. The van der Waals surface area contributed by atoms with Crippen LogP contribution in [0.3, 0.4) is 0 Å². The molecule has 19 atom stereocenters. The van der Waals surface area contributed by atoms with Gasteiger partial charge in [-0.15, -0.1) is 0 Å². The number of ether oxygens (including phenoxy) is 4. The van der Waals surface area contributed by atoms with Crippen LogP contribution in [0.4, 0.5) is 0 Å². The third-order valence-corrected chi connectivity index (χ3v) is 31.9. The molecule has 388 valence electrons. The molecule has 0 N–H and O–H groups in total. The fourth-order valence-electron chi connectivity index (χ4n) is 17.3. The van der Waals surface area contributed by atoms with Gasteiger partial charge in [-0.3, -0.25) is 9.59 Å². The molecule has 0 bridgehead atoms. The average Bonchev–Trinajstić information content (AvgIpc) is 3.91. The first kappa shape index (κ1) is 53.6. The van der Waals surface area contributed by atoms with Crippen LogP contribution >= 0.6 is 0 Å². The highest BCUT2D eigenvalue weighted by molar-refractivity contribution is 6.74. The Balaban J connectivity index is 0.000000181. The summed E-state index contributed by atoms with van der Waals surface area (Å²) in [7, 11) is -3.68. The van der Waals surface area contributed by atoms with Crippen molar-refractivity contribution in [3.63, 3.8) is 0 Å². The molecule has 2 saturated heterocycles. The molecule has 0 spiro atoms. The van der Waals surface area contributed by atoms with Crippen LogP contribution in [0.15, 0.2) is 12.2 Å². The molecule has 8 unspecified atom stereocenters. The zero-order valence-electron chi connectivity index (χ0n) is 45.9. The summed E-state index contributed by atoms with van der Waals surface area (Å²) in [5, 5.41) is 0.452. The van der Waals surface area contributed by atoms with Crippen molar-refractivity contribution in [3.05, 3.63) is 12.2 Å². The van der Waals surface area contributed by atoms with Crippen molar-refractivity contribution in [2.75, 3.05) is 0 Å². The Morgan fingerprint density at radius 2 is 0.956 bits per heavy atom. The van der Waals surface area contributed by atoms with Crippen LogP contribution in [-0.4, -0.2) is 76.4 Å². The number of carbonyl (C=O) groups is 2. The molecule has 10 heteroatoms. The molecule has 0 amide bonds. The molecule has 0 aromatic heterocycles. The Morgan fingerprint density at radius 3 is 1.43 bits per heavy atom. The average molecular weight is 982 g/mol. The van der Waals surface area contributed by atoms with Crippen molar-refractivity contribution in [1.82, 2.24) is 0 Å². The summed E-state index contributed by atoms with van der Waals surface area (Å²) in [6.45, 7) is 44.1. The third kappa shape index (κ3) is 8.30. The van der Waals surface area contributed by atoms with E-state index in [1.807, 2.05) is 6.08 Å². The lowest BCUT2D eigenvalue weighted by Crippen LogP contribution is -2.64. The molecule has 2 heterocycles. The molecule has 2 aliphatic heterocycles. The van der Waals surface area contributed by atoms with Crippen LogP contribution in [0.5, 0.6) is 0 Å². The van der Waals surface area contributed by atoms with E-state index < -0.39 is 28.2 Å². The van der Waals surface area contributed by atoms with Gasteiger partial charge in [0.25, 0.3) is 0 Å². The molecule has 0 radical (unpaired) electrons. The lowest BCUT2D eigenvalue weighted by atomic mass is 9.43. The van der Waals surface area contributed by atoms with Gasteiger partial charge in [0, 0.05) is 30.6 Å². The molecule has 10 rings (SSSR count). The second-order valence-corrected chi connectivity index (χ2v) is 39.1. The molecule has 8 aliphatic carbocycles. The monoisotopic (exact) mass is 981 g/mol. The van der Waals surface area contributed by atoms with E-state index >= 15 is 0 Å². The van der Waals surface area contributed by atoms with E-state index in [0.29, 0.717) is 66.3 Å². The Kier molecular flexibility index (Phi) is 13.3. The van der Waals surface area contributed by atoms with Gasteiger partial charge < -0.3 is 27.8 Å². The van der Waals surface area contributed by atoms with Crippen LogP contribution in [-0.2, 0) is 37.4 Å². The first-order valence-corrected chi connectivity index (χ1v) is 33.2. The van der Waals surface area contributed by atoms with Gasteiger partial charge in [0.2, 0.25) is 0 Å². The summed E-state index contributed by atoms with van der Waals surface area (Å²) in [6.07, 6.45) is 17.0. The smallest absolute Gasteiger partial charge is 0.192 e. The van der Waals surface area contributed by atoms with Gasteiger partial charge in [0.05, 0.1) is 36.6 Å². The van der Waals surface area contributed by atoms with Gasteiger partial charge >= 0.3 is 0 Å². The van der Waals surface area contributed by atoms with Crippen LogP contribution < -0.4 is 0 Å². The minimum Gasteiger partial charge on any atom is -0.413 e. The number of Topliss-reactive ketones (excluding diaryl/α,β-unsaturated/α-hetero) is 1. The van der Waals surface area contributed by atoms with Crippen molar-refractivity contribution in [3.8, 4) is 0 Å². The van der Waals surface area contributed by atoms with Crippen LogP contribution in [0.25, 0.3) is 0 Å². The molecule has 0 aromatic rings. The van der Waals surface area contributed by atoms with E-state index in [0.717, 1.165) is 12.8 Å². The van der Waals surface area contributed by atoms with Gasteiger partial charge in [-0.05, 0) is 185 Å². The zero-order valence-corrected chi connectivity index (χ0v) is 47.9. The standard InChI is InChI=1S/C29H50O4Si.C28H46O4Si.CH4/c1-17-16-29(8)19-13-14-28(7)18(11-12-22(28)33-34(9,10)26(2,3)4)23(19)25-24(20(29)15-21(17)30)31-27(5,6)32-25;1-25(2,3)33(8,9)32-21-11-10-18-22-19(13-15-28(18,21)7)27(6)14-12-17(29)16-20(27)23-24(22)31-26(4,5)30-23;/h17-20,22-25H,11-16H2,1-10H3;12,14,18-24H,10-11,13,15-16H2,1-9H3;1H4/t17-,18?,19?,20?,22+,23?,24-,25-,28+,29-;18?,19?,20?,21-,22?,23+,24+,27+,28-;/m10./s1. The summed E-state index contributed by atoms with van der Waals surface area (Å²) < 4.78 is 41.0. The third-order valence-electron chi connectivity index (χ3n) is 22.9. The van der Waals surface area contributed by atoms with Crippen LogP contribution in [0.2, 0.25) is 36.3 Å². The maximum absolute atomic E-state index is 12.9. The fourth-order valence-corrected chi connectivity index (χ4v) is 20.2. The van der Waals surface area contributed by atoms with Crippen molar-refractivity contribution in [1.29, 1.82) is 0 Å². The summed E-state index contributed by atoms with van der Waals surface area (Å²) in [5.74, 6) is 3.48. The molecular weight excluding hydrogens is 881 g/mol. The highest BCUT2D eigenvalue weighted by Crippen LogP contribution is 2.71. The zero-order chi connectivity index (χ0) is 49.2. The molecule has 7 saturated carbocycles. The lowest BCUT2D eigenvalue weighted by molar-refractivity contribution is -0.188. The number of hydrogen-bond acceptors (Lipinski definition) is 8. The SMILES string of the molecule is C.CC1(C)O[C@@H]2C3C(CC[C@@]4(C)C3CC[C@@H]4O[Si](C)(C)C(C)(C)C)[C@@]3(C)C=CC(=O)CC3[C@H]2O1.C[C@@H]1C[C@]2(C)C3CC[C@@]4(C)C(CC[C@@H]4O[Si](C)(C)C(C)(C)C)C3[C@H]3OC(C)(C)O[C@@H]3C2CC1=O. The number of hydrogen-bond donors (Lipinski definition) is 0. The first-order chi connectivity index (χ1) is 30.6. The first-order valence-electron chi connectivity index (χ1n) is 27.4. The topological polar surface area (TPSA) is 89.5 Å². The number of allylic oxidation sites excluding steroid dienone is 2. The van der Waals surface area contributed by atoms with Gasteiger partial charge in [-0.1, -0.05) is 89.7 Å². The number of rotatable bonds is 4. The van der Waals surface area contributed by atoms with Gasteiger partial charge in [0.1, 0.15) is 5.78 Å². The van der Waals surface area contributed by atoms with E-state index in [1.165, 1.54) is 44.9 Å². The summed E-state index contributed by atoms with van der Waals surface area (Å²) in [6, 6.07) is 0. The normalized spacial score (nSPS) is 48.8. The quantitative estimate of drug-likeness (QED) is 0.257. The lowest BCUT2D eigenvalue weighted by Gasteiger charge is -2.63. The summed E-state index contributed by atoms with van der Waals surface area (Å²) in [5.41, 5.74) is 0.553. The van der Waals surface area contributed by atoms with Crippen LogP contribution in [0.1, 0.15) is 182 Å². The van der Waals surface area contributed by atoms with E-state index in [4.69, 9.17) is 27.8 Å². The second-order valence-electron chi connectivity index (χ2n) is 29.6. The fraction of sp³-hybridized carbons (Fsp3) is 0.931. The van der Waals surface area contributed by atoms with Gasteiger partial charge in [0.15, 0.2) is 34.0 Å². The van der Waals surface area contributed by atoms with Gasteiger partial charge in [-0.2, -0.15) is 0 Å². The van der Waals surface area contributed by atoms with E-state index in [9.17, 15) is 9.59 Å². The number of carbonyl (C=O) groups excluding carboxylic acids is 2. The largest absolute Gasteiger partial charge is 0.413 e. The van der Waals surface area contributed by atoms with Crippen molar-refractivity contribution in [2.45, 2.75) is 266 Å². The Bertz CT molecular complexity index is 1980. The molecule has 9 fully saturated rings. The maximum atomic E-state index is 12.9. The molecule has 0 aromatic carbocycles. The molecule has 8 nitrogen and oxygen atoms in total. The number of ketones is 2. The predicted octanol–water partition coefficient (Wildman–Crippen LogP) is 14.1. The van der Waals surface area contributed by atoms with Crippen LogP contribution in [0, 0.1) is 74.9 Å². The molecule has 68 heavy (non-hydrogen) atoms. The Hall–Kier alpha value is -0.726. The van der Waals surface area contributed by atoms with Crippen molar-refractivity contribution in [2.24, 2.45) is 74.9 Å². The van der Waals surface area contributed by atoms with E-state index in [1.54, 1.807) is 0 Å². The summed E-state index contributed by atoms with van der Waals surface area (Å²) in [4.78, 5) is 25.3. The maximum Gasteiger partial charge on any atom is 0.192 e. The van der Waals surface area contributed by atoms with Gasteiger partial charge in [-0.25, -0.2) is 0 Å². The minimum absolute atomic E-state index is 0. The Morgan fingerprint density at radius 1 is 0.544 bits per heavy atom. The molecule has 10 aliphatic rings. The van der Waals surface area contributed by atoms with Crippen molar-refractivity contribution >= 4 is 28.2 Å².